The van der Waals surface area contributed by atoms with Crippen LogP contribution in [-0.2, 0) is 14.1 Å². The summed E-state index contributed by atoms with van der Waals surface area (Å²) in [5, 5.41) is 5.20. The lowest BCUT2D eigenvalue weighted by atomic mass is 10.0. The zero-order valence-corrected chi connectivity index (χ0v) is 18.1. The van der Waals surface area contributed by atoms with E-state index >= 15 is 0 Å². The average Bonchev–Trinajstić information content (AvgIpc) is 3.52. The summed E-state index contributed by atoms with van der Waals surface area (Å²) in [6, 6.07) is 5.91. The Morgan fingerprint density at radius 1 is 1.12 bits per heavy atom. The first kappa shape index (κ1) is 18.8. The minimum Gasteiger partial charge on any atom is -0.496 e. The van der Waals surface area contributed by atoms with Crippen LogP contribution < -0.4 is 10.4 Å². The van der Waals surface area contributed by atoms with Crippen molar-refractivity contribution in [2.75, 3.05) is 7.11 Å². The number of ether oxygens (including phenoxy) is 1. The molecule has 1 aromatic carbocycles. The van der Waals surface area contributed by atoms with Crippen molar-refractivity contribution in [3.8, 4) is 22.6 Å². The van der Waals surface area contributed by atoms with E-state index in [0.717, 1.165) is 57.2 Å². The third-order valence-electron chi connectivity index (χ3n) is 6.31. The predicted octanol–water partition coefficient (Wildman–Crippen LogP) is 3.56. The number of fused-ring (bicyclic) bond motifs is 3. The van der Waals surface area contributed by atoms with Crippen LogP contribution in [0, 0.1) is 0 Å². The molecule has 1 aliphatic rings. The third-order valence-corrected chi connectivity index (χ3v) is 6.31. The highest BCUT2D eigenvalue weighted by molar-refractivity contribution is 6.05. The minimum absolute atomic E-state index is 0.0962. The number of pyridine rings is 2. The largest absolute Gasteiger partial charge is 0.496 e. The Morgan fingerprint density at radius 2 is 1.97 bits per heavy atom. The highest BCUT2D eigenvalue weighted by Crippen LogP contribution is 2.43. The Hall–Kier alpha value is -3.94. The minimum atomic E-state index is -0.0962. The van der Waals surface area contributed by atoms with Crippen LogP contribution >= 0.6 is 0 Å². The molecule has 8 heteroatoms. The molecule has 32 heavy (non-hydrogen) atoms. The Morgan fingerprint density at radius 3 is 2.69 bits per heavy atom. The van der Waals surface area contributed by atoms with Gasteiger partial charge in [-0.2, -0.15) is 5.10 Å². The van der Waals surface area contributed by atoms with Crippen molar-refractivity contribution in [1.82, 2.24) is 28.9 Å². The first-order chi connectivity index (χ1) is 15.6. The van der Waals surface area contributed by atoms with Crippen molar-refractivity contribution in [1.29, 1.82) is 0 Å². The molecule has 1 saturated carbocycles. The summed E-state index contributed by atoms with van der Waals surface area (Å²) in [5.74, 6) is 1.17. The SMILES string of the molecule is COc1cc2ncc3c(c2cc1-c1cnn(C)c1)n(-c1ccncc1C1CC1)c(=O)n3C. The summed E-state index contributed by atoms with van der Waals surface area (Å²) in [6.45, 7) is 0. The van der Waals surface area contributed by atoms with E-state index in [-0.39, 0.29) is 5.69 Å². The molecule has 1 aliphatic carbocycles. The van der Waals surface area contributed by atoms with Gasteiger partial charge in [-0.1, -0.05) is 0 Å². The fourth-order valence-corrected chi connectivity index (χ4v) is 4.51. The lowest BCUT2D eigenvalue weighted by Crippen LogP contribution is -2.21. The van der Waals surface area contributed by atoms with Gasteiger partial charge in [0.15, 0.2) is 0 Å². The van der Waals surface area contributed by atoms with Crippen LogP contribution in [0.1, 0.15) is 24.3 Å². The summed E-state index contributed by atoms with van der Waals surface area (Å²) < 4.78 is 10.9. The van der Waals surface area contributed by atoms with Crippen LogP contribution in [0.2, 0.25) is 0 Å². The van der Waals surface area contributed by atoms with Crippen molar-refractivity contribution in [2.24, 2.45) is 14.1 Å². The van der Waals surface area contributed by atoms with E-state index in [1.807, 2.05) is 42.3 Å². The molecule has 1 fully saturated rings. The predicted molar refractivity (Wildman–Crippen MR) is 122 cm³/mol. The normalized spacial score (nSPS) is 13.8. The lowest BCUT2D eigenvalue weighted by Gasteiger charge is -2.12. The topological polar surface area (TPSA) is 79.8 Å². The molecule has 0 spiro atoms. The summed E-state index contributed by atoms with van der Waals surface area (Å²) in [5.41, 5.74) is 6.15. The molecule has 0 atom stereocenters. The number of rotatable bonds is 4. The van der Waals surface area contributed by atoms with Crippen molar-refractivity contribution < 1.29 is 4.74 Å². The maximum Gasteiger partial charge on any atom is 0.333 e. The Labute approximate surface area is 183 Å². The van der Waals surface area contributed by atoms with E-state index in [4.69, 9.17) is 4.74 Å². The number of hydrogen-bond donors (Lipinski definition) is 0. The number of aromatic nitrogens is 6. The monoisotopic (exact) mass is 426 g/mol. The van der Waals surface area contributed by atoms with E-state index in [1.54, 1.807) is 35.8 Å². The van der Waals surface area contributed by atoms with Gasteiger partial charge in [-0.25, -0.2) is 4.79 Å². The summed E-state index contributed by atoms with van der Waals surface area (Å²) >= 11 is 0. The van der Waals surface area contributed by atoms with Gasteiger partial charge in [0.1, 0.15) is 5.75 Å². The van der Waals surface area contributed by atoms with Gasteiger partial charge < -0.3 is 4.74 Å². The molecular weight excluding hydrogens is 404 g/mol. The highest BCUT2D eigenvalue weighted by atomic mass is 16.5. The van der Waals surface area contributed by atoms with Crippen molar-refractivity contribution in [3.05, 3.63) is 65.2 Å². The van der Waals surface area contributed by atoms with Crippen LogP contribution in [0.5, 0.6) is 5.75 Å². The molecule has 8 nitrogen and oxygen atoms in total. The van der Waals surface area contributed by atoms with Gasteiger partial charge in [-0.15, -0.1) is 0 Å². The van der Waals surface area contributed by atoms with Gasteiger partial charge in [-0.3, -0.25) is 23.8 Å². The number of benzene rings is 1. The summed E-state index contributed by atoms with van der Waals surface area (Å²) in [4.78, 5) is 22.4. The van der Waals surface area contributed by atoms with Crippen LogP contribution in [0.25, 0.3) is 38.8 Å². The van der Waals surface area contributed by atoms with E-state index in [9.17, 15) is 4.79 Å². The summed E-state index contributed by atoms with van der Waals surface area (Å²) in [6.07, 6.45) is 11.4. The van der Waals surface area contributed by atoms with Crippen molar-refractivity contribution >= 4 is 21.9 Å². The first-order valence-corrected chi connectivity index (χ1v) is 10.6. The first-order valence-electron chi connectivity index (χ1n) is 10.6. The van der Waals surface area contributed by atoms with Crippen LogP contribution in [0.3, 0.4) is 0 Å². The molecule has 0 unspecified atom stereocenters. The number of methoxy groups -OCH3 is 1. The molecular formula is C24H22N6O2. The highest BCUT2D eigenvalue weighted by Gasteiger charge is 2.28. The standard InChI is InChI=1S/C24H22N6O2/c1-28-13-15(10-27-28)16-8-17-19(9-22(16)32-3)26-12-21-23(17)30(24(31)29(21)2)20-6-7-25-11-18(20)14-4-5-14/h6-14H,4-5H2,1-3H3. The van der Waals surface area contributed by atoms with Crippen LogP contribution in [0.4, 0.5) is 0 Å². The molecule has 0 N–H and O–H groups in total. The van der Waals surface area contributed by atoms with Crippen molar-refractivity contribution in [3.63, 3.8) is 0 Å². The molecule has 0 aliphatic heterocycles. The van der Waals surface area contributed by atoms with E-state index in [2.05, 4.69) is 21.1 Å². The fourth-order valence-electron chi connectivity index (χ4n) is 4.51. The Kier molecular flexibility index (Phi) is 3.98. The average molecular weight is 426 g/mol. The molecule has 0 saturated heterocycles. The van der Waals surface area contributed by atoms with Gasteiger partial charge in [0.25, 0.3) is 0 Å². The second kappa shape index (κ2) is 6.78. The maximum absolute atomic E-state index is 13.4. The smallest absolute Gasteiger partial charge is 0.333 e. The number of hydrogen-bond acceptors (Lipinski definition) is 5. The van der Waals surface area contributed by atoms with Crippen LogP contribution in [0.15, 0.2) is 54.0 Å². The lowest BCUT2D eigenvalue weighted by molar-refractivity contribution is 0.417. The molecule has 6 rings (SSSR count). The van der Waals surface area contributed by atoms with Crippen molar-refractivity contribution in [2.45, 2.75) is 18.8 Å². The molecule has 4 heterocycles. The zero-order valence-electron chi connectivity index (χ0n) is 18.1. The van der Waals surface area contributed by atoms with E-state index < -0.39 is 0 Å². The van der Waals surface area contributed by atoms with Crippen LogP contribution in [-0.4, -0.2) is 36.0 Å². The molecule has 160 valence electrons. The van der Waals surface area contributed by atoms with E-state index in [0.29, 0.717) is 11.7 Å². The summed E-state index contributed by atoms with van der Waals surface area (Å²) in [7, 11) is 5.32. The molecule has 0 amide bonds. The Balaban J connectivity index is 1.74. The quantitative estimate of drug-likeness (QED) is 0.439. The van der Waals surface area contributed by atoms with E-state index in [1.165, 1.54) is 0 Å². The third kappa shape index (κ3) is 2.69. The molecule has 0 bridgehead atoms. The fraction of sp³-hybridized carbons (Fsp3) is 0.250. The van der Waals surface area contributed by atoms with Gasteiger partial charge in [-0.05, 0) is 36.5 Å². The second-order valence-corrected chi connectivity index (χ2v) is 8.35. The second-order valence-electron chi connectivity index (χ2n) is 8.35. The van der Waals surface area contributed by atoms with Gasteiger partial charge in [0.05, 0.1) is 41.7 Å². The maximum atomic E-state index is 13.4. The number of aryl methyl sites for hydroxylation is 2. The zero-order chi connectivity index (χ0) is 22.0. The van der Waals surface area contributed by atoms with Gasteiger partial charge in [0, 0.05) is 55.3 Å². The number of imidazole rings is 1. The molecule has 0 radical (unpaired) electrons. The number of nitrogens with zero attached hydrogens (tertiary/aromatic N) is 6. The molecule has 4 aromatic heterocycles. The van der Waals surface area contributed by atoms with Gasteiger partial charge >= 0.3 is 5.69 Å². The molecule has 5 aromatic rings. The van der Waals surface area contributed by atoms with Gasteiger partial charge in [0.2, 0.25) is 0 Å². The Bertz CT molecular complexity index is 1570.